The summed E-state index contributed by atoms with van der Waals surface area (Å²) in [5.41, 5.74) is 0.180. The maximum atomic E-state index is 14.4. The van der Waals surface area contributed by atoms with Gasteiger partial charge in [-0.25, -0.2) is 0 Å². The summed E-state index contributed by atoms with van der Waals surface area (Å²) in [7, 11) is 0. The van der Waals surface area contributed by atoms with Gasteiger partial charge in [-0.3, -0.25) is 9.59 Å². The first-order valence-corrected chi connectivity index (χ1v) is 12.4. The molecule has 32 heavy (non-hydrogen) atoms. The van der Waals surface area contributed by atoms with E-state index in [0.717, 1.165) is 22.0 Å². The molecule has 1 saturated carbocycles. The average Bonchev–Trinajstić information content (AvgIpc) is 2.96. The lowest BCUT2D eigenvalue weighted by atomic mass is 9.58. The Hall–Kier alpha value is -1.34. The molecule has 0 aliphatic heterocycles. The van der Waals surface area contributed by atoms with E-state index in [-0.39, 0.29) is 17.6 Å². The summed E-state index contributed by atoms with van der Waals surface area (Å²) in [6.07, 6.45) is 3.51. The van der Waals surface area contributed by atoms with Gasteiger partial charge in [-0.15, -0.1) is 0 Å². The number of fused-ring (bicyclic) bond motifs is 1. The second-order valence-electron chi connectivity index (χ2n) is 9.88. The summed E-state index contributed by atoms with van der Waals surface area (Å²) >= 11 is 3.55. The van der Waals surface area contributed by atoms with Crippen LogP contribution in [0.5, 0.6) is 0 Å². The van der Waals surface area contributed by atoms with Crippen molar-refractivity contribution in [3.05, 3.63) is 33.8 Å². The monoisotopic (exact) mass is 513 g/mol. The van der Waals surface area contributed by atoms with Crippen molar-refractivity contribution < 1.29 is 23.1 Å². The third-order valence-electron chi connectivity index (χ3n) is 7.34. The van der Waals surface area contributed by atoms with Gasteiger partial charge in [-0.05, 0) is 74.1 Å². The lowest BCUT2D eigenvalue weighted by Gasteiger charge is -2.50. The van der Waals surface area contributed by atoms with E-state index < -0.39 is 23.7 Å². The fourth-order valence-corrected chi connectivity index (χ4v) is 6.43. The third kappa shape index (κ3) is 4.65. The van der Waals surface area contributed by atoms with Crippen molar-refractivity contribution in [1.82, 2.24) is 5.32 Å². The second-order valence-corrected chi connectivity index (χ2v) is 10.8. The number of nitrogens with one attached hydrogen (secondary N) is 1. The van der Waals surface area contributed by atoms with Crippen LogP contribution in [-0.2, 0) is 26.3 Å². The number of rotatable bonds is 8. The van der Waals surface area contributed by atoms with Gasteiger partial charge in [0.15, 0.2) is 5.78 Å². The van der Waals surface area contributed by atoms with E-state index in [0.29, 0.717) is 44.4 Å². The van der Waals surface area contributed by atoms with E-state index in [9.17, 15) is 18.4 Å². The van der Waals surface area contributed by atoms with Crippen LogP contribution in [0.3, 0.4) is 0 Å². The van der Waals surface area contributed by atoms with Crippen molar-refractivity contribution in [2.24, 2.45) is 17.3 Å². The van der Waals surface area contributed by atoms with E-state index in [1.807, 2.05) is 25.1 Å². The summed E-state index contributed by atoms with van der Waals surface area (Å²) < 4.78 is 31.3. The maximum Gasteiger partial charge on any atom is 0.345 e. The highest BCUT2D eigenvalue weighted by atomic mass is 79.9. The maximum absolute atomic E-state index is 14.4. The zero-order valence-electron chi connectivity index (χ0n) is 19.3. The van der Waals surface area contributed by atoms with Crippen molar-refractivity contribution in [3.63, 3.8) is 0 Å². The number of alkyl halides is 2. The molecule has 1 fully saturated rings. The Bertz CT molecular complexity index is 852. The quantitative estimate of drug-likeness (QED) is 0.453. The fraction of sp³-hybridized carbons (Fsp3) is 0.680. The third-order valence-corrected chi connectivity index (χ3v) is 7.83. The van der Waals surface area contributed by atoms with Crippen LogP contribution in [-0.4, -0.2) is 24.4 Å². The molecule has 2 aliphatic rings. The molecule has 0 radical (unpaired) electrons. The van der Waals surface area contributed by atoms with Gasteiger partial charge in [0.2, 0.25) is 5.91 Å². The fourth-order valence-electron chi connectivity index (χ4n) is 6.07. The SMILES string of the molecule is CCC(CC(C)C)C(=O)C1(NC(C)=O)c2cc(Br)ccc2CC12CCC(OC(F)F)CC2. The highest BCUT2D eigenvalue weighted by Crippen LogP contribution is 2.59. The number of carbonyl (C=O) groups is 2. The molecule has 178 valence electrons. The Morgan fingerprint density at radius 3 is 2.44 bits per heavy atom. The molecule has 1 spiro atoms. The van der Waals surface area contributed by atoms with Crippen LogP contribution in [0.15, 0.2) is 22.7 Å². The number of amides is 1. The normalized spacial score (nSPS) is 28.2. The summed E-state index contributed by atoms with van der Waals surface area (Å²) in [6, 6.07) is 5.93. The van der Waals surface area contributed by atoms with Crippen LogP contribution >= 0.6 is 15.9 Å². The molecule has 1 N–H and O–H groups in total. The largest absolute Gasteiger partial charge is 0.345 e. The van der Waals surface area contributed by atoms with E-state index in [1.165, 1.54) is 6.92 Å². The Morgan fingerprint density at radius 1 is 1.25 bits per heavy atom. The second kappa shape index (κ2) is 9.88. The van der Waals surface area contributed by atoms with Crippen LogP contribution in [0.2, 0.25) is 0 Å². The molecule has 0 heterocycles. The minimum atomic E-state index is -2.80. The van der Waals surface area contributed by atoms with Gasteiger partial charge in [0.1, 0.15) is 5.54 Å². The Morgan fingerprint density at radius 2 is 1.91 bits per heavy atom. The number of hydrogen-bond donors (Lipinski definition) is 1. The minimum Gasteiger partial charge on any atom is -0.339 e. The number of Topliss-reactive ketones (excluding diaryl/α,β-unsaturated/α-hetero) is 1. The van der Waals surface area contributed by atoms with Gasteiger partial charge >= 0.3 is 6.61 Å². The van der Waals surface area contributed by atoms with E-state index in [2.05, 4.69) is 35.1 Å². The predicted molar refractivity (Wildman–Crippen MR) is 123 cm³/mol. The van der Waals surface area contributed by atoms with Gasteiger partial charge < -0.3 is 10.1 Å². The molecule has 1 aromatic carbocycles. The number of halogens is 3. The van der Waals surface area contributed by atoms with Crippen LogP contribution in [0.4, 0.5) is 8.78 Å². The Balaban J connectivity index is 2.13. The summed E-state index contributed by atoms with van der Waals surface area (Å²) in [5, 5.41) is 3.14. The van der Waals surface area contributed by atoms with Crippen LogP contribution in [0, 0.1) is 17.3 Å². The van der Waals surface area contributed by atoms with E-state index in [4.69, 9.17) is 4.74 Å². The molecule has 3 rings (SSSR count). The molecule has 1 amide bonds. The first kappa shape index (κ1) is 25.3. The molecule has 0 saturated heterocycles. The van der Waals surface area contributed by atoms with Crippen LogP contribution < -0.4 is 5.32 Å². The van der Waals surface area contributed by atoms with Crippen molar-refractivity contribution in [1.29, 1.82) is 0 Å². The molecule has 2 atom stereocenters. The standard InChI is InChI=1S/C25H34BrF2NO3/c1-5-17(12-15(2)3)22(31)25(29-16(4)30)21-13-19(26)7-6-18(21)14-24(25)10-8-20(9-11-24)32-23(27)28/h6-7,13,15,17,20,23H,5,8-12,14H2,1-4H3,(H,29,30). The smallest absolute Gasteiger partial charge is 0.339 e. The van der Waals surface area contributed by atoms with E-state index >= 15 is 0 Å². The summed E-state index contributed by atoms with van der Waals surface area (Å²) in [6.45, 7) is 4.87. The van der Waals surface area contributed by atoms with Crippen molar-refractivity contribution >= 4 is 27.6 Å². The highest BCUT2D eigenvalue weighted by molar-refractivity contribution is 9.10. The van der Waals surface area contributed by atoms with Crippen molar-refractivity contribution in [2.45, 2.75) is 90.9 Å². The van der Waals surface area contributed by atoms with Gasteiger partial charge in [0.25, 0.3) is 0 Å². The lowest BCUT2D eigenvalue weighted by Crippen LogP contribution is -2.62. The van der Waals surface area contributed by atoms with Gasteiger partial charge in [0, 0.05) is 22.7 Å². The van der Waals surface area contributed by atoms with Crippen LogP contribution in [0.25, 0.3) is 0 Å². The van der Waals surface area contributed by atoms with Crippen LogP contribution in [0.1, 0.15) is 77.3 Å². The topological polar surface area (TPSA) is 55.4 Å². The molecule has 2 aliphatic carbocycles. The molecule has 0 aromatic heterocycles. The van der Waals surface area contributed by atoms with Crippen molar-refractivity contribution in [2.75, 3.05) is 0 Å². The molecular weight excluding hydrogens is 480 g/mol. The average molecular weight is 514 g/mol. The number of hydrogen-bond acceptors (Lipinski definition) is 3. The molecule has 7 heteroatoms. The van der Waals surface area contributed by atoms with Crippen molar-refractivity contribution in [3.8, 4) is 0 Å². The van der Waals surface area contributed by atoms with E-state index in [1.54, 1.807) is 0 Å². The first-order valence-electron chi connectivity index (χ1n) is 11.6. The molecular formula is C25H34BrF2NO3. The van der Waals surface area contributed by atoms with Gasteiger partial charge in [-0.2, -0.15) is 8.78 Å². The lowest BCUT2D eigenvalue weighted by molar-refractivity contribution is -0.180. The number of ketones is 1. The zero-order valence-corrected chi connectivity index (χ0v) is 20.9. The first-order chi connectivity index (χ1) is 15.0. The number of benzene rings is 1. The molecule has 4 nitrogen and oxygen atoms in total. The molecule has 2 unspecified atom stereocenters. The Kier molecular flexibility index (Phi) is 7.81. The number of ether oxygens (including phenoxy) is 1. The van der Waals surface area contributed by atoms with Gasteiger partial charge in [-0.1, -0.05) is 42.8 Å². The highest BCUT2D eigenvalue weighted by Gasteiger charge is 2.63. The molecule has 1 aromatic rings. The van der Waals surface area contributed by atoms with Gasteiger partial charge in [0.05, 0.1) is 6.10 Å². The predicted octanol–water partition coefficient (Wildman–Crippen LogP) is 6.15. The minimum absolute atomic E-state index is 0.0500. The summed E-state index contributed by atoms with van der Waals surface area (Å²) in [5.74, 6) is -0.0589. The summed E-state index contributed by atoms with van der Waals surface area (Å²) in [4.78, 5) is 27.0. The zero-order chi connectivity index (χ0) is 23.7. The number of carbonyl (C=O) groups excluding carboxylic acids is 2. The Labute approximate surface area is 198 Å². The molecule has 0 bridgehead atoms.